The van der Waals surface area contributed by atoms with Gasteiger partial charge in [0.15, 0.2) is 5.82 Å². The summed E-state index contributed by atoms with van der Waals surface area (Å²) in [5.74, 6) is 0.366. The van der Waals surface area contributed by atoms with Gasteiger partial charge in [0.2, 0.25) is 0 Å². The first-order valence-electron chi connectivity index (χ1n) is 6.47. The topological polar surface area (TPSA) is 56.1 Å². The molecule has 0 aliphatic rings. The molecule has 1 rings (SSSR count). The van der Waals surface area contributed by atoms with Gasteiger partial charge in [0, 0.05) is 24.5 Å². The van der Waals surface area contributed by atoms with E-state index in [9.17, 15) is 4.79 Å². The standard InChI is InChI=1S/C14H23N3O2/c1-5-6-10-19-11-8-16-12-13(18)17(9-7-15-12)14(2,3)4/h5,7,9H,1,6,8,10-11H2,2-4H3,(H,15,16). The number of nitrogens with one attached hydrogen (secondary N) is 1. The molecule has 1 aromatic heterocycles. The van der Waals surface area contributed by atoms with E-state index in [1.807, 2.05) is 26.8 Å². The van der Waals surface area contributed by atoms with Crippen LogP contribution in [0.4, 0.5) is 5.82 Å². The zero-order chi connectivity index (χ0) is 14.3. The maximum absolute atomic E-state index is 12.2. The molecule has 1 N–H and O–H groups in total. The molecule has 19 heavy (non-hydrogen) atoms. The molecular formula is C14H23N3O2. The van der Waals surface area contributed by atoms with Gasteiger partial charge in [0.1, 0.15) is 0 Å². The Morgan fingerprint density at radius 2 is 2.21 bits per heavy atom. The summed E-state index contributed by atoms with van der Waals surface area (Å²) in [6, 6.07) is 0. The highest BCUT2D eigenvalue weighted by molar-refractivity contribution is 5.30. The van der Waals surface area contributed by atoms with Gasteiger partial charge < -0.3 is 14.6 Å². The summed E-state index contributed by atoms with van der Waals surface area (Å²) in [5.41, 5.74) is -0.363. The van der Waals surface area contributed by atoms with Crippen LogP contribution in [0.15, 0.2) is 29.8 Å². The number of hydrogen-bond donors (Lipinski definition) is 1. The van der Waals surface area contributed by atoms with Crippen LogP contribution in [0.3, 0.4) is 0 Å². The Hall–Kier alpha value is -1.62. The van der Waals surface area contributed by atoms with Crippen molar-refractivity contribution in [2.24, 2.45) is 0 Å². The van der Waals surface area contributed by atoms with E-state index < -0.39 is 0 Å². The lowest BCUT2D eigenvalue weighted by atomic mass is 10.1. The van der Waals surface area contributed by atoms with Gasteiger partial charge >= 0.3 is 0 Å². The second-order valence-corrected chi connectivity index (χ2v) is 5.24. The lowest BCUT2D eigenvalue weighted by molar-refractivity contribution is 0.149. The second-order valence-electron chi connectivity index (χ2n) is 5.24. The van der Waals surface area contributed by atoms with E-state index >= 15 is 0 Å². The fourth-order valence-electron chi connectivity index (χ4n) is 1.57. The summed E-state index contributed by atoms with van der Waals surface area (Å²) in [6.45, 7) is 11.3. The number of hydrogen-bond acceptors (Lipinski definition) is 4. The number of ether oxygens (including phenoxy) is 1. The maximum atomic E-state index is 12.2. The van der Waals surface area contributed by atoms with Crippen LogP contribution >= 0.6 is 0 Å². The highest BCUT2D eigenvalue weighted by Gasteiger charge is 2.16. The lowest BCUT2D eigenvalue weighted by Crippen LogP contribution is -2.35. The fourth-order valence-corrected chi connectivity index (χ4v) is 1.57. The van der Waals surface area contributed by atoms with Crippen LogP contribution in [0.1, 0.15) is 27.2 Å². The molecular weight excluding hydrogens is 242 g/mol. The van der Waals surface area contributed by atoms with Crippen LogP contribution in [0.25, 0.3) is 0 Å². The molecule has 5 nitrogen and oxygen atoms in total. The van der Waals surface area contributed by atoms with E-state index in [4.69, 9.17) is 4.74 Å². The van der Waals surface area contributed by atoms with Gasteiger partial charge in [-0.15, -0.1) is 6.58 Å². The molecule has 106 valence electrons. The van der Waals surface area contributed by atoms with Crippen molar-refractivity contribution in [2.75, 3.05) is 25.1 Å². The van der Waals surface area contributed by atoms with Gasteiger partial charge in [-0.1, -0.05) is 6.08 Å². The molecule has 0 saturated heterocycles. The normalized spacial score (nSPS) is 11.3. The van der Waals surface area contributed by atoms with Crippen molar-refractivity contribution in [1.29, 1.82) is 0 Å². The first-order chi connectivity index (χ1) is 8.96. The maximum Gasteiger partial charge on any atom is 0.293 e. The molecule has 0 fully saturated rings. The smallest absolute Gasteiger partial charge is 0.293 e. The number of anilines is 1. The average Bonchev–Trinajstić information content (AvgIpc) is 2.34. The molecule has 0 atom stereocenters. The Morgan fingerprint density at radius 3 is 2.84 bits per heavy atom. The molecule has 5 heteroatoms. The van der Waals surface area contributed by atoms with Crippen molar-refractivity contribution in [1.82, 2.24) is 9.55 Å². The Labute approximate surface area is 114 Å². The SMILES string of the molecule is C=CCCOCCNc1nccn(C(C)(C)C)c1=O. The quantitative estimate of drug-likeness (QED) is 0.605. The number of nitrogens with zero attached hydrogens (tertiary/aromatic N) is 2. The van der Waals surface area contributed by atoms with Gasteiger partial charge in [-0.2, -0.15) is 0 Å². The molecule has 0 aliphatic heterocycles. The summed E-state index contributed by atoms with van der Waals surface area (Å²) in [5, 5.41) is 3.01. The van der Waals surface area contributed by atoms with Gasteiger partial charge in [0.05, 0.1) is 13.2 Å². The van der Waals surface area contributed by atoms with E-state index in [1.54, 1.807) is 17.0 Å². The van der Waals surface area contributed by atoms with Crippen LogP contribution in [0.5, 0.6) is 0 Å². The minimum atomic E-state index is -0.253. The zero-order valence-corrected chi connectivity index (χ0v) is 12.0. The van der Waals surface area contributed by atoms with Crippen molar-refractivity contribution in [3.63, 3.8) is 0 Å². The van der Waals surface area contributed by atoms with Crippen molar-refractivity contribution >= 4 is 5.82 Å². The Bertz CT molecular complexity index is 460. The average molecular weight is 265 g/mol. The Morgan fingerprint density at radius 1 is 1.47 bits per heavy atom. The molecule has 0 bridgehead atoms. The molecule has 0 spiro atoms. The van der Waals surface area contributed by atoms with Crippen LogP contribution in [0, 0.1) is 0 Å². The van der Waals surface area contributed by atoms with Crippen LogP contribution in [0.2, 0.25) is 0 Å². The minimum Gasteiger partial charge on any atom is -0.379 e. The van der Waals surface area contributed by atoms with Crippen LogP contribution in [-0.2, 0) is 10.3 Å². The molecule has 0 saturated carbocycles. The van der Waals surface area contributed by atoms with E-state index in [-0.39, 0.29) is 11.1 Å². The van der Waals surface area contributed by atoms with Crippen molar-refractivity contribution in [3.8, 4) is 0 Å². The summed E-state index contributed by atoms with van der Waals surface area (Å²) in [4.78, 5) is 16.2. The first kappa shape index (κ1) is 15.4. The summed E-state index contributed by atoms with van der Waals surface area (Å²) >= 11 is 0. The number of rotatable bonds is 7. The number of aromatic nitrogens is 2. The predicted molar refractivity (Wildman–Crippen MR) is 77.6 cm³/mol. The molecule has 0 amide bonds. The van der Waals surface area contributed by atoms with E-state index in [1.165, 1.54) is 0 Å². The minimum absolute atomic E-state index is 0.110. The predicted octanol–water partition coefficient (Wildman–Crippen LogP) is 2.00. The van der Waals surface area contributed by atoms with Gasteiger partial charge in [-0.25, -0.2) is 4.98 Å². The lowest BCUT2D eigenvalue weighted by Gasteiger charge is -2.22. The molecule has 0 aromatic carbocycles. The molecule has 0 aliphatic carbocycles. The van der Waals surface area contributed by atoms with Gasteiger partial charge in [0.25, 0.3) is 5.56 Å². The summed E-state index contributed by atoms with van der Waals surface area (Å²) in [7, 11) is 0. The van der Waals surface area contributed by atoms with E-state index in [0.29, 0.717) is 25.6 Å². The highest BCUT2D eigenvalue weighted by atomic mass is 16.5. The van der Waals surface area contributed by atoms with Crippen molar-refractivity contribution in [2.45, 2.75) is 32.7 Å². The first-order valence-corrected chi connectivity index (χ1v) is 6.47. The largest absolute Gasteiger partial charge is 0.379 e. The van der Waals surface area contributed by atoms with Gasteiger partial charge in [-0.3, -0.25) is 4.79 Å². The monoisotopic (exact) mass is 265 g/mol. The third-order valence-corrected chi connectivity index (χ3v) is 2.57. The third kappa shape index (κ3) is 4.87. The molecule has 0 radical (unpaired) electrons. The van der Waals surface area contributed by atoms with Crippen LogP contribution in [-0.4, -0.2) is 29.3 Å². The van der Waals surface area contributed by atoms with Crippen LogP contribution < -0.4 is 10.9 Å². The Balaban J connectivity index is 2.56. The second kappa shape index (κ2) is 7.09. The highest BCUT2D eigenvalue weighted by Crippen LogP contribution is 2.10. The molecule has 1 aromatic rings. The van der Waals surface area contributed by atoms with E-state index in [2.05, 4.69) is 16.9 Å². The summed E-state index contributed by atoms with van der Waals surface area (Å²) < 4.78 is 7.03. The van der Waals surface area contributed by atoms with Crippen molar-refractivity contribution in [3.05, 3.63) is 35.4 Å². The van der Waals surface area contributed by atoms with Gasteiger partial charge in [-0.05, 0) is 27.2 Å². The Kier molecular flexibility index (Phi) is 5.76. The molecule has 1 heterocycles. The summed E-state index contributed by atoms with van der Waals surface area (Å²) in [6.07, 6.45) is 5.98. The van der Waals surface area contributed by atoms with E-state index in [0.717, 1.165) is 6.42 Å². The molecule has 0 unspecified atom stereocenters. The van der Waals surface area contributed by atoms with Crippen molar-refractivity contribution < 1.29 is 4.74 Å². The fraction of sp³-hybridized carbons (Fsp3) is 0.571. The zero-order valence-electron chi connectivity index (χ0n) is 12.0. The third-order valence-electron chi connectivity index (χ3n) is 2.57.